The van der Waals surface area contributed by atoms with Crippen molar-refractivity contribution in [3.05, 3.63) is 340 Å². The second-order valence-electron chi connectivity index (χ2n) is 21.3. The fourth-order valence-electron chi connectivity index (χ4n) is 12.6. The summed E-state index contributed by atoms with van der Waals surface area (Å²) in [6, 6.07) is 123. The zero-order valence-corrected chi connectivity index (χ0v) is 46.1. The maximum Gasteiger partial charge on any atom is 0.252 e. The Bertz CT molecular complexity index is 4080. The van der Waals surface area contributed by atoms with Gasteiger partial charge in [0.15, 0.2) is 0 Å². The second kappa shape index (κ2) is 21.8. The number of rotatable bonds is 13. The molecular formula is C78H56BN5. The van der Waals surface area contributed by atoms with Crippen LogP contribution in [0.1, 0.15) is 0 Å². The highest BCUT2D eigenvalue weighted by molar-refractivity contribution is 7.00. The molecule has 5 nitrogen and oxygen atoms in total. The van der Waals surface area contributed by atoms with E-state index in [0.29, 0.717) is 0 Å². The summed E-state index contributed by atoms with van der Waals surface area (Å²) in [6.07, 6.45) is 0. The maximum atomic E-state index is 2.51. The molecule has 396 valence electrons. The minimum atomic E-state index is -0.183. The van der Waals surface area contributed by atoms with E-state index in [1.807, 2.05) is 0 Å². The molecule has 0 aliphatic carbocycles. The van der Waals surface area contributed by atoms with Gasteiger partial charge in [-0.3, -0.25) is 0 Å². The van der Waals surface area contributed by atoms with Crippen molar-refractivity contribution in [2.24, 2.45) is 0 Å². The van der Waals surface area contributed by atoms with Gasteiger partial charge in [0, 0.05) is 79.6 Å². The number of nitrogens with zero attached hydrogens (tertiary/aromatic N) is 5. The van der Waals surface area contributed by atoms with Gasteiger partial charge in [-0.1, -0.05) is 194 Å². The summed E-state index contributed by atoms with van der Waals surface area (Å²) >= 11 is 0. The Morgan fingerprint density at radius 2 is 0.476 bits per heavy atom. The molecule has 84 heavy (non-hydrogen) atoms. The molecular weight excluding hydrogens is 1020 g/mol. The van der Waals surface area contributed by atoms with Crippen LogP contribution < -0.4 is 40.9 Å². The van der Waals surface area contributed by atoms with Crippen molar-refractivity contribution >= 4 is 108 Å². The highest BCUT2D eigenvalue weighted by Crippen LogP contribution is 2.49. The Balaban J connectivity index is 0.982. The van der Waals surface area contributed by atoms with E-state index in [1.54, 1.807) is 0 Å². The molecule has 0 atom stereocenters. The molecule has 0 aromatic heterocycles. The van der Waals surface area contributed by atoms with Gasteiger partial charge >= 0.3 is 0 Å². The molecule has 0 unspecified atom stereocenters. The van der Waals surface area contributed by atoms with Crippen molar-refractivity contribution in [2.75, 3.05) is 24.5 Å². The standard InChI is InChI=1S/C78H56BN5/c1-9-29-61(30-10-1)80(62-31-11-2-12-32-62)69-45-25-27-57(51-69)59-47-49-74-72(53-59)79-73-54-60(58-28-26-46-70(52-58)81(63-33-13-3-14-34-63)64-35-15-4-16-36-64)48-50-75(73)84(68-43-23-8-24-44-68)77-56-71(55-76(78(77)79)83(74)67-41-21-7-22-42-67)82(65-37-17-5-18-38-65)66-39-19-6-20-40-66/h1-56H. The van der Waals surface area contributed by atoms with E-state index in [9.17, 15) is 0 Å². The van der Waals surface area contributed by atoms with Gasteiger partial charge in [0.25, 0.3) is 6.71 Å². The number of fused-ring (bicyclic) bond motifs is 4. The first kappa shape index (κ1) is 49.9. The first-order valence-electron chi connectivity index (χ1n) is 28.8. The zero-order valence-electron chi connectivity index (χ0n) is 46.1. The molecule has 0 N–H and O–H groups in total. The highest BCUT2D eigenvalue weighted by Gasteiger charge is 2.44. The summed E-state index contributed by atoms with van der Waals surface area (Å²) in [7, 11) is 0. The first-order valence-corrected chi connectivity index (χ1v) is 28.8. The van der Waals surface area contributed by atoms with Gasteiger partial charge in [-0.2, -0.15) is 0 Å². The molecule has 0 saturated carbocycles. The van der Waals surface area contributed by atoms with Crippen LogP contribution in [-0.4, -0.2) is 6.71 Å². The van der Waals surface area contributed by atoms with Crippen molar-refractivity contribution in [1.29, 1.82) is 0 Å². The van der Waals surface area contributed by atoms with Crippen LogP contribution in [0.2, 0.25) is 0 Å². The van der Waals surface area contributed by atoms with E-state index < -0.39 is 0 Å². The summed E-state index contributed by atoms with van der Waals surface area (Å²) in [6.45, 7) is -0.183. The van der Waals surface area contributed by atoms with Crippen LogP contribution in [0.15, 0.2) is 340 Å². The summed E-state index contributed by atoms with van der Waals surface area (Å²) in [5.74, 6) is 0. The molecule has 0 radical (unpaired) electrons. The molecule has 0 fully saturated rings. The third-order valence-corrected chi connectivity index (χ3v) is 16.3. The lowest BCUT2D eigenvalue weighted by atomic mass is 9.33. The van der Waals surface area contributed by atoms with Crippen molar-refractivity contribution in [3.8, 4) is 22.3 Å². The van der Waals surface area contributed by atoms with E-state index in [2.05, 4.69) is 364 Å². The largest absolute Gasteiger partial charge is 0.311 e. The van der Waals surface area contributed by atoms with E-state index in [-0.39, 0.29) is 6.71 Å². The van der Waals surface area contributed by atoms with Gasteiger partial charge in [0.2, 0.25) is 0 Å². The molecule has 13 aromatic rings. The lowest BCUT2D eigenvalue weighted by Gasteiger charge is -2.45. The first-order chi connectivity index (χ1) is 41.7. The minimum Gasteiger partial charge on any atom is -0.311 e. The Labute approximate surface area is 492 Å². The molecule has 0 amide bonds. The summed E-state index contributed by atoms with van der Waals surface area (Å²) < 4.78 is 0. The number of hydrogen-bond acceptors (Lipinski definition) is 5. The summed E-state index contributed by atoms with van der Waals surface area (Å²) in [4.78, 5) is 12.1. The predicted octanol–water partition coefficient (Wildman–Crippen LogP) is 19.5. The van der Waals surface area contributed by atoms with E-state index in [0.717, 1.165) is 108 Å². The van der Waals surface area contributed by atoms with E-state index in [4.69, 9.17) is 0 Å². The topological polar surface area (TPSA) is 16.2 Å². The van der Waals surface area contributed by atoms with Crippen molar-refractivity contribution < 1.29 is 0 Å². The van der Waals surface area contributed by atoms with Crippen LogP contribution in [-0.2, 0) is 0 Å². The lowest BCUT2D eigenvalue weighted by Crippen LogP contribution is -2.61. The molecule has 15 rings (SSSR count). The van der Waals surface area contributed by atoms with Gasteiger partial charge in [0.05, 0.1) is 5.69 Å². The Morgan fingerprint density at radius 3 is 0.798 bits per heavy atom. The van der Waals surface area contributed by atoms with E-state index >= 15 is 0 Å². The fraction of sp³-hybridized carbons (Fsp3) is 0. The van der Waals surface area contributed by atoms with Crippen LogP contribution in [0.3, 0.4) is 0 Å². The van der Waals surface area contributed by atoms with Gasteiger partial charge < -0.3 is 24.5 Å². The fourth-order valence-corrected chi connectivity index (χ4v) is 12.6. The normalized spacial score (nSPS) is 12.0. The quantitative estimate of drug-likeness (QED) is 0.107. The Morgan fingerprint density at radius 1 is 0.202 bits per heavy atom. The van der Waals surface area contributed by atoms with Crippen LogP contribution in [0.5, 0.6) is 0 Å². The molecule has 0 bridgehead atoms. The minimum absolute atomic E-state index is 0.183. The Kier molecular flexibility index (Phi) is 12.9. The van der Waals surface area contributed by atoms with Crippen LogP contribution in [0, 0.1) is 0 Å². The molecule has 6 heteroatoms. The van der Waals surface area contributed by atoms with Crippen LogP contribution in [0.25, 0.3) is 22.3 Å². The number of para-hydroxylation sites is 8. The average molecular weight is 1070 g/mol. The van der Waals surface area contributed by atoms with Gasteiger partial charge in [-0.15, -0.1) is 0 Å². The lowest BCUT2D eigenvalue weighted by molar-refractivity contribution is 1.23. The number of anilines is 15. The van der Waals surface area contributed by atoms with Crippen LogP contribution >= 0.6 is 0 Å². The second-order valence-corrected chi connectivity index (χ2v) is 21.3. The maximum absolute atomic E-state index is 2.51. The molecule has 0 spiro atoms. The van der Waals surface area contributed by atoms with Crippen molar-refractivity contribution in [2.45, 2.75) is 0 Å². The average Bonchev–Trinajstić information content (AvgIpc) is 0.970. The van der Waals surface area contributed by atoms with E-state index in [1.165, 1.54) is 16.4 Å². The Hall–Kier alpha value is -11.1. The van der Waals surface area contributed by atoms with Gasteiger partial charge in [-0.25, -0.2) is 0 Å². The molecule has 0 saturated heterocycles. The monoisotopic (exact) mass is 1070 g/mol. The molecule has 2 aliphatic heterocycles. The SMILES string of the molecule is c1ccc(N(c2ccccc2)c2cccc(-c3ccc4c(c3)B3c5cc(-c6cccc(N(c7ccccc7)c7ccccc7)c6)ccc5N(c5ccccc5)c5cc(N(c6ccccc6)c6ccccc6)cc(c53)N4c3ccccc3)c2)cc1. The van der Waals surface area contributed by atoms with Gasteiger partial charge in [0.1, 0.15) is 0 Å². The van der Waals surface area contributed by atoms with Crippen LogP contribution in [0.4, 0.5) is 85.3 Å². The van der Waals surface area contributed by atoms with Gasteiger partial charge in [-0.05, 0) is 184 Å². The van der Waals surface area contributed by atoms with Crippen molar-refractivity contribution in [1.82, 2.24) is 0 Å². The summed E-state index contributed by atoms with van der Waals surface area (Å²) in [5, 5.41) is 0. The zero-order chi connectivity index (χ0) is 55.8. The molecule has 13 aromatic carbocycles. The third-order valence-electron chi connectivity index (χ3n) is 16.3. The smallest absolute Gasteiger partial charge is 0.252 e. The number of hydrogen-bond donors (Lipinski definition) is 0. The van der Waals surface area contributed by atoms with Crippen molar-refractivity contribution in [3.63, 3.8) is 0 Å². The molecule has 2 heterocycles. The highest BCUT2D eigenvalue weighted by atomic mass is 15.2. The molecule has 2 aliphatic rings. The third kappa shape index (κ3) is 9.13. The summed E-state index contributed by atoms with van der Waals surface area (Å²) in [5.41, 5.74) is 24.7. The predicted molar refractivity (Wildman–Crippen MR) is 355 cm³/mol. The number of benzene rings is 13.